The maximum Gasteiger partial charge on any atom is 0.0767 e. The number of hydrogen-bond acceptors (Lipinski definition) is 3. The van der Waals surface area contributed by atoms with Crippen LogP contribution in [-0.4, -0.2) is 18.4 Å². The van der Waals surface area contributed by atoms with Crippen LogP contribution in [0.25, 0.3) is 0 Å². The highest BCUT2D eigenvalue weighted by atomic mass is 16.9. The van der Waals surface area contributed by atoms with Crippen LogP contribution in [0.4, 0.5) is 0 Å². The van der Waals surface area contributed by atoms with Gasteiger partial charge in [0.05, 0.1) is 19.8 Å². The highest BCUT2D eigenvalue weighted by Gasteiger charge is 2.07. The fraction of sp³-hybridized carbons (Fsp3) is 0.760. The molecule has 3 heteroatoms. The molecule has 0 radical (unpaired) electrons. The van der Waals surface area contributed by atoms with Gasteiger partial charge in [-0.05, 0) is 18.4 Å². The van der Waals surface area contributed by atoms with Gasteiger partial charge in [-0.2, -0.15) is 0 Å². The van der Waals surface area contributed by atoms with Crippen molar-refractivity contribution in [3.05, 3.63) is 35.9 Å². The molecule has 1 aromatic rings. The average molecular weight is 392 g/mol. The second-order valence-corrected chi connectivity index (χ2v) is 7.89. The topological polar surface area (TPSA) is 21.7 Å². The summed E-state index contributed by atoms with van der Waals surface area (Å²) < 4.78 is 0. The predicted molar refractivity (Wildman–Crippen MR) is 120 cm³/mol. The molecule has 0 N–H and O–H groups in total. The Balaban J connectivity index is 2.17. The van der Waals surface area contributed by atoms with Crippen LogP contribution < -0.4 is 0 Å². The third-order valence-electron chi connectivity index (χ3n) is 5.12. The molecule has 0 amide bonds. The number of benzene rings is 1. The van der Waals surface area contributed by atoms with Crippen molar-refractivity contribution in [3.63, 3.8) is 0 Å². The van der Waals surface area contributed by atoms with Crippen LogP contribution in [0.15, 0.2) is 30.3 Å². The van der Waals surface area contributed by atoms with Crippen LogP contribution in [0.5, 0.6) is 0 Å². The Morgan fingerprint density at radius 2 is 1.00 bits per heavy atom. The lowest BCUT2D eigenvalue weighted by Gasteiger charge is -2.21. The van der Waals surface area contributed by atoms with E-state index in [1.165, 1.54) is 82.6 Å². The van der Waals surface area contributed by atoms with Crippen molar-refractivity contribution in [1.29, 1.82) is 0 Å². The molecule has 0 aromatic heterocycles. The molecule has 0 unspecified atom stereocenters. The minimum atomic E-state index is 0.688. The van der Waals surface area contributed by atoms with E-state index < -0.39 is 0 Å². The zero-order valence-corrected chi connectivity index (χ0v) is 18.7. The average Bonchev–Trinajstić information content (AvgIpc) is 2.72. The van der Waals surface area contributed by atoms with Gasteiger partial charge in [0, 0.05) is 0 Å². The molecule has 0 aliphatic heterocycles. The first kappa shape index (κ1) is 25.1. The van der Waals surface area contributed by atoms with Gasteiger partial charge < -0.3 is 0 Å². The van der Waals surface area contributed by atoms with Crippen LogP contribution in [-0.2, 0) is 16.2 Å². The highest BCUT2D eigenvalue weighted by molar-refractivity contribution is 5.13. The second-order valence-electron chi connectivity index (χ2n) is 7.89. The quantitative estimate of drug-likeness (QED) is 0.167. The summed E-state index contributed by atoms with van der Waals surface area (Å²) in [5, 5.41) is 1.71. The number of rotatable bonds is 20. The van der Waals surface area contributed by atoms with E-state index in [1.54, 1.807) is 5.23 Å². The molecular weight excluding hydrogens is 346 g/mol. The third-order valence-corrected chi connectivity index (χ3v) is 5.12. The van der Waals surface area contributed by atoms with E-state index in [-0.39, 0.29) is 0 Å². The monoisotopic (exact) mass is 391 g/mol. The Kier molecular flexibility index (Phi) is 17.4. The fourth-order valence-electron chi connectivity index (χ4n) is 3.31. The van der Waals surface area contributed by atoms with Crippen LogP contribution in [0, 0.1) is 0 Å². The highest BCUT2D eigenvalue weighted by Crippen LogP contribution is 2.11. The van der Waals surface area contributed by atoms with Crippen LogP contribution in [0.1, 0.15) is 109 Å². The van der Waals surface area contributed by atoms with E-state index in [0.717, 1.165) is 26.1 Å². The summed E-state index contributed by atoms with van der Waals surface area (Å²) in [7, 11) is 0. The Bertz CT molecular complexity index is 404. The van der Waals surface area contributed by atoms with Crippen LogP contribution in [0.3, 0.4) is 0 Å². The third kappa shape index (κ3) is 15.1. The fourth-order valence-corrected chi connectivity index (χ4v) is 3.31. The summed E-state index contributed by atoms with van der Waals surface area (Å²) in [4.78, 5) is 11.9. The Hall–Kier alpha value is -0.900. The molecular formula is C25H45NO2. The lowest BCUT2D eigenvalue weighted by molar-refractivity contribution is -0.375. The number of hydroxylamine groups is 2. The molecule has 162 valence electrons. The van der Waals surface area contributed by atoms with Gasteiger partial charge in [-0.1, -0.05) is 126 Å². The van der Waals surface area contributed by atoms with E-state index >= 15 is 0 Å². The second kappa shape index (κ2) is 19.4. The van der Waals surface area contributed by atoms with E-state index in [0.29, 0.717) is 6.54 Å². The van der Waals surface area contributed by atoms with Gasteiger partial charge in [0.25, 0.3) is 0 Å². The minimum absolute atomic E-state index is 0.688. The molecule has 28 heavy (non-hydrogen) atoms. The van der Waals surface area contributed by atoms with E-state index in [2.05, 4.69) is 38.1 Å². The number of nitrogens with zero attached hydrogens (tertiary/aromatic N) is 1. The van der Waals surface area contributed by atoms with Crippen LogP contribution >= 0.6 is 0 Å². The summed E-state index contributed by atoms with van der Waals surface area (Å²) >= 11 is 0. The molecule has 0 heterocycles. The van der Waals surface area contributed by atoms with Gasteiger partial charge in [-0.15, -0.1) is 0 Å². The molecule has 1 aromatic carbocycles. The molecule has 0 saturated carbocycles. The summed E-state index contributed by atoms with van der Waals surface area (Å²) in [6.45, 7) is 6.71. The molecule has 0 aliphatic rings. The lowest BCUT2D eigenvalue weighted by atomic mass is 10.1. The molecule has 0 fully saturated rings. The van der Waals surface area contributed by atoms with Crippen molar-refractivity contribution < 1.29 is 9.68 Å². The van der Waals surface area contributed by atoms with E-state index in [1.807, 2.05) is 6.07 Å². The molecule has 1 rings (SSSR count). The summed E-state index contributed by atoms with van der Waals surface area (Å²) in [6.07, 6.45) is 18.2. The van der Waals surface area contributed by atoms with Crippen molar-refractivity contribution >= 4 is 0 Å². The van der Waals surface area contributed by atoms with Gasteiger partial charge in [-0.3, -0.25) is 9.68 Å². The summed E-state index contributed by atoms with van der Waals surface area (Å²) in [5.74, 6) is 0. The lowest BCUT2D eigenvalue weighted by Crippen LogP contribution is -2.25. The SMILES string of the molecule is CCCCCCCCCON(Cc1ccccc1)OCCCCCCCCC. The van der Waals surface area contributed by atoms with Gasteiger partial charge in [-0.25, -0.2) is 0 Å². The van der Waals surface area contributed by atoms with Gasteiger partial charge >= 0.3 is 0 Å². The molecule has 0 bridgehead atoms. The van der Waals surface area contributed by atoms with Gasteiger partial charge in [0.1, 0.15) is 0 Å². The Labute approximate surface area is 174 Å². The zero-order valence-electron chi connectivity index (χ0n) is 18.7. The zero-order chi connectivity index (χ0) is 20.1. The van der Waals surface area contributed by atoms with Crippen molar-refractivity contribution in [2.75, 3.05) is 13.2 Å². The maximum absolute atomic E-state index is 5.94. The normalized spacial score (nSPS) is 11.4. The molecule has 0 spiro atoms. The predicted octanol–water partition coefficient (Wildman–Crippen LogP) is 7.85. The number of unbranched alkanes of at least 4 members (excludes halogenated alkanes) is 12. The first-order valence-electron chi connectivity index (χ1n) is 11.9. The molecule has 0 saturated heterocycles. The molecule has 3 nitrogen and oxygen atoms in total. The van der Waals surface area contributed by atoms with Gasteiger partial charge in [0.2, 0.25) is 0 Å². The number of hydrogen-bond donors (Lipinski definition) is 0. The van der Waals surface area contributed by atoms with Gasteiger partial charge in [0.15, 0.2) is 0 Å². The van der Waals surface area contributed by atoms with Crippen molar-refractivity contribution in [2.45, 2.75) is 110 Å². The summed E-state index contributed by atoms with van der Waals surface area (Å²) in [6, 6.07) is 10.4. The maximum atomic E-state index is 5.94. The standard InChI is InChI=1S/C25H45NO2/c1-3-5-7-9-11-13-18-22-27-26(24-25-20-16-15-17-21-25)28-23-19-14-12-10-8-6-4-2/h15-17,20-21H,3-14,18-19,22-24H2,1-2H3. The molecule has 0 aliphatic carbocycles. The molecule has 0 atom stereocenters. The van der Waals surface area contributed by atoms with E-state index in [9.17, 15) is 0 Å². The van der Waals surface area contributed by atoms with Crippen molar-refractivity contribution in [1.82, 2.24) is 5.23 Å². The van der Waals surface area contributed by atoms with Crippen LogP contribution in [0.2, 0.25) is 0 Å². The first-order valence-corrected chi connectivity index (χ1v) is 11.9. The Morgan fingerprint density at radius 3 is 1.46 bits per heavy atom. The van der Waals surface area contributed by atoms with Crippen molar-refractivity contribution in [2.24, 2.45) is 0 Å². The first-order chi connectivity index (χ1) is 13.9. The largest absolute Gasteiger partial charge is 0.274 e. The van der Waals surface area contributed by atoms with Crippen molar-refractivity contribution in [3.8, 4) is 0 Å². The van der Waals surface area contributed by atoms with E-state index in [4.69, 9.17) is 9.68 Å². The smallest absolute Gasteiger partial charge is 0.0767 e. The summed E-state index contributed by atoms with van der Waals surface area (Å²) in [5.41, 5.74) is 1.22. The Morgan fingerprint density at radius 1 is 0.571 bits per heavy atom. The minimum Gasteiger partial charge on any atom is -0.274 e.